The highest BCUT2D eigenvalue weighted by Gasteiger charge is 2.22. The van der Waals surface area contributed by atoms with Crippen LogP contribution in [0.5, 0.6) is 0 Å². The van der Waals surface area contributed by atoms with Crippen LogP contribution in [0.15, 0.2) is 33.9 Å². The van der Waals surface area contributed by atoms with Crippen LogP contribution < -0.4 is 0 Å². The topological polar surface area (TPSA) is 68.9 Å². The minimum atomic E-state index is -0.317. The molecule has 1 atom stereocenters. The van der Waals surface area contributed by atoms with Crippen molar-refractivity contribution in [3.05, 3.63) is 46.1 Å². The number of thioether (sulfide) groups is 1. The number of hydrogen-bond acceptors (Lipinski definition) is 7. The molecule has 7 heteroatoms. The smallest absolute Gasteiger partial charge is 0.277 e. The highest BCUT2D eigenvalue weighted by atomic mass is 32.2. The molecule has 2 aromatic heterocycles. The molecule has 0 aliphatic rings. The molecule has 3 rings (SSSR count). The number of Topliss-reactive ketones (excluding diaryl/α,β-unsaturated/α-hetero) is 1. The molecule has 0 bridgehead atoms. The minimum absolute atomic E-state index is 0.0463. The molecule has 0 amide bonds. The predicted molar refractivity (Wildman–Crippen MR) is 110 cm³/mol. The minimum Gasteiger partial charge on any atom is -0.410 e. The zero-order valence-electron chi connectivity index (χ0n) is 16.4. The number of nitrogens with zero attached hydrogens (tertiary/aromatic N) is 3. The average molecular weight is 402 g/mol. The van der Waals surface area contributed by atoms with Crippen LogP contribution in [0.4, 0.5) is 0 Å². The number of rotatable bonds is 5. The van der Waals surface area contributed by atoms with Gasteiger partial charge in [0.05, 0.1) is 16.0 Å². The maximum atomic E-state index is 12.7. The summed E-state index contributed by atoms with van der Waals surface area (Å²) in [5, 5.41) is 9.21. The lowest BCUT2D eigenvalue weighted by atomic mass is 9.86. The first kappa shape index (κ1) is 19.8. The zero-order chi connectivity index (χ0) is 19.8. The Bertz CT molecular complexity index is 953. The second kappa shape index (κ2) is 7.56. The number of carbonyl (C=O) groups is 1. The van der Waals surface area contributed by atoms with E-state index in [4.69, 9.17) is 4.42 Å². The van der Waals surface area contributed by atoms with Crippen LogP contribution >= 0.6 is 23.1 Å². The van der Waals surface area contributed by atoms with E-state index in [1.54, 1.807) is 0 Å². The van der Waals surface area contributed by atoms with Gasteiger partial charge < -0.3 is 4.42 Å². The number of aryl methyl sites for hydroxylation is 2. The Hall–Kier alpha value is -1.99. The summed E-state index contributed by atoms with van der Waals surface area (Å²) in [6.07, 6.45) is 0. The highest BCUT2D eigenvalue weighted by molar-refractivity contribution is 8.00. The Balaban J connectivity index is 1.71. The van der Waals surface area contributed by atoms with Crippen molar-refractivity contribution in [1.29, 1.82) is 0 Å². The van der Waals surface area contributed by atoms with Gasteiger partial charge in [-0.05, 0) is 31.7 Å². The van der Waals surface area contributed by atoms with Crippen molar-refractivity contribution in [2.24, 2.45) is 0 Å². The second-order valence-electron chi connectivity index (χ2n) is 7.47. The summed E-state index contributed by atoms with van der Waals surface area (Å²) in [6, 6.07) is 7.82. The third-order valence-corrected chi connectivity index (χ3v) is 6.18. The van der Waals surface area contributed by atoms with Gasteiger partial charge in [0.1, 0.15) is 4.88 Å². The van der Waals surface area contributed by atoms with Gasteiger partial charge in [0.25, 0.3) is 11.1 Å². The molecule has 0 aliphatic carbocycles. The number of ketones is 1. The summed E-state index contributed by atoms with van der Waals surface area (Å²) >= 11 is 2.80. The molecule has 0 radical (unpaired) electrons. The quantitative estimate of drug-likeness (QED) is 0.417. The van der Waals surface area contributed by atoms with Gasteiger partial charge in [0.2, 0.25) is 0 Å². The fourth-order valence-electron chi connectivity index (χ4n) is 2.65. The largest absolute Gasteiger partial charge is 0.410 e. The first-order valence-corrected chi connectivity index (χ1v) is 10.4. The van der Waals surface area contributed by atoms with Crippen molar-refractivity contribution in [1.82, 2.24) is 15.2 Å². The third-order valence-electron chi connectivity index (χ3n) is 4.19. The lowest BCUT2D eigenvalue weighted by molar-refractivity contribution is 0.0993. The Morgan fingerprint density at radius 2 is 1.81 bits per heavy atom. The lowest BCUT2D eigenvalue weighted by Gasteiger charge is -2.19. The van der Waals surface area contributed by atoms with Crippen molar-refractivity contribution in [2.45, 2.75) is 57.4 Å². The molecule has 2 heterocycles. The number of thiazole rings is 1. The van der Waals surface area contributed by atoms with Crippen LogP contribution in [0, 0.1) is 13.8 Å². The Labute approximate surface area is 167 Å². The van der Waals surface area contributed by atoms with Crippen molar-refractivity contribution in [3.63, 3.8) is 0 Å². The van der Waals surface area contributed by atoms with E-state index in [1.165, 1.54) is 28.7 Å². The molecule has 0 N–H and O–H groups in total. The molecule has 27 heavy (non-hydrogen) atoms. The van der Waals surface area contributed by atoms with E-state index in [2.05, 4.69) is 36.0 Å². The summed E-state index contributed by atoms with van der Waals surface area (Å²) in [7, 11) is 0. The SMILES string of the molecule is Cc1nc(C)c(-c2nnc(SC(C)C(=O)c3ccc(C(C)(C)C)cc3)o2)s1. The van der Waals surface area contributed by atoms with Crippen molar-refractivity contribution >= 4 is 28.9 Å². The predicted octanol–water partition coefficient (Wildman–Crippen LogP) is 5.47. The Morgan fingerprint density at radius 1 is 1.15 bits per heavy atom. The van der Waals surface area contributed by atoms with E-state index in [0.29, 0.717) is 16.7 Å². The van der Waals surface area contributed by atoms with Gasteiger partial charge >= 0.3 is 0 Å². The van der Waals surface area contributed by atoms with Crippen LogP contribution in [0.25, 0.3) is 10.8 Å². The first-order chi connectivity index (χ1) is 12.6. The molecular weight excluding hydrogens is 378 g/mol. The molecule has 1 aromatic carbocycles. The van der Waals surface area contributed by atoms with Crippen LogP contribution in [0.1, 0.15) is 54.3 Å². The number of benzene rings is 1. The molecule has 142 valence electrons. The molecule has 5 nitrogen and oxygen atoms in total. The standard InChI is InChI=1S/C20H23N3O2S2/c1-11-17(27-13(3)21-11)18-22-23-19(25-18)26-12(2)16(24)14-7-9-15(10-8-14)20(4,5)6/h7-10,12H,1-6H3. The second-order valence-corrected chi connectivity index (χ2v) is 9.97. The Kier molecular flexibility index (Phi) is 5.53. The van der Waals surface area contributed by atoms with Crippen LogP contribution in [-0.4, -0.2) is 26.2 Å². The molecular formula is C20H23N3O2S2. The van der Waals surface area contributed by atoms with Crippen molar-refractivity contribution < 1.29 is 9.21 Å². The molecule has 0 aliphatic heterocycles. The summed E-state index contributed by atoms with van der Waals surface area (Å²) in [5.41, 5.74) is 2.84. The van der Waals surface area contributed by atoms with E-state index in [0.717, 1.165) is 15.6 Å². The van der Waals surface area contributed by atoms with Crippen molar-refractivity contribution in [2.75, 3.05) is 0 Å². The number of carbonyl (C=O) groups excluding carboxylic acids is 1. The van der Waals surface area contributed by atoms with E-state index < -0.39 is 0 Å². The normalized spacial score (nSPS) is 13.0. The fraction of sp³-hybridized carbons (Fsp3) is 0.400. The van der Waals surface area contributed by atoms with Gasteiger partial charge in [-0.1, -0.05) is 56.8 Å². The first-order valence-electron chi connectivity index (χ1n) is 8.74. The monoisotopic (exact) mass is 401 g/mol. The van der Waals surface area contributed by atoms with Gasteiger partial charge in [-0.2, -0.15) is 0 Å². The third kappa shape index (κ3) is 4.47. The maximum absolute atomic E-state index is 12.7. The Morgan fingerprint density at radius 3 is 2.37 bits per heavy atom. The maximum Gasteiger partial charge on any atom is 0.277 e. The summed E-state index contributed by atoms with van der Waals surface area (Å²) in [6.45, 7) is 12.2. The summed E-state index contributed by atoms with van der Waals surface area (Å²) in [5.74, 6) is 0.500. The molecule has 0 saturated carbocycles. The van der Waals surface area contributed by atoms with Gasteiger partial charge in [0, 0.05) is 5.56 Å². The lowest BCUT2D eigenvalue weighted by Crippen LogP contribution is -2.15. The zero-order valence-corrected chi connectivity index (χ0v) is 18.0. The van der Waals surface area contributed by atoms with Gasteiger partial charge in [-0.25, -0.2) is 4.98 Å². The van der Waals surface area contributed by atoms with Crippen LogP contribution in [-0.2, 0) is 5.41 Å². The van der Waals surface area contributed by atoms with Crippen LogP contribution in [0.2, 0.25) is 0 Å². The summed E-state index contributed by atoms with van der Waals surface area (Å²) in [4.78, 5) is 18.0. The number of aromatic nitrogens is 3. The summed E-state index contributed by atoms with van der Waals surface area (Å²) < 4.78 is 5.74. The van der Waals surface area contributed by atoms with Gasteiger partial charge in [-0.15, -0.1) is 21.5 Å². The van der Waals surface area contributed by atoms with E-state index in [1.807, 2.05) is 45.0 Å². The van der Waals surface area contributed by atoms with E-state index in [-0.39, 0.29) is 16.4 Å². The molecule has 3 aromatic rings. The molecule has 1 unspecified atom stereocenters. The molecule has 0 fully saturated rings. The average Bonchev–Trinajstić information content (AvgIpc) is 3.19. The van der Waals surface area contributed by atoms with Crippen LogP contribution in [0.3, 0.4) is 0 Å². The van der Waals surface area contributed by atoms with Gasteiger partial charge in [0.15, 0.2) is 5.78 Å². The van der Waals surface area contributed by atoms with Gasteiger partial charge in [-0.3, -0.25) is 4.79 Å². The van der Waals surface area contributed by atoms with E-state index in [9.17, 15) is 4.79 Å². The molecule has 0 spiro atoms. The molecule has 0 saturated heterocycles. The van der Waals surface area contributed by atoms with Crippen molar-refractivity contribution in [3.8, 4) is 10.8 Å². The van der Waals surface area contributed by atoms with E-state index >= 15 is 0 Å². The fourth-order valence-corrected chi connectivity index (χ4v) is 4.25. The number of hydrogen-bond donors (Lipinski definition) is 0. The highest BCUT2D eigenvalue weighted by Crippen LogP contribution is 2.32.